The minimum Gasteiger partial charge on any atom is -0.399 e. The maximum atomic E-state index is 6.01. The highest BCUT2D eigenvalue weighted by atomic mass is 32.2. The highest BCUT2D eigenvalue weighted by Gasteiger charge is 2.07. The monoisotopic (exact) mass is 280 g/mol. The highest BCUT2D eigenvalue weighted by molar-refractivity contribution is 7.99. The van der Waals surface area contributed by atoms with Crippen LogP contribution in [0.15, 0.2) is 29.3 Å². The Kier molecular flexibility index (Phi) is 4.89. The van der Waals surface area contributed by atoms with Gasteiger partial charge in [0.05, 0.1) is 5.52 Å². The number of thioether (sulfide) groups is 2. The summed E-state index contributed by atoms with van der Waals surface area (Å²) in [6.07, 6.45) is 2.18. The largest absolute Gasteiger partial charge is 0.399 e. The SMILES string of the molecule is CCSCCn1ccc2c(SCC)cc(N)cc21. The van der Waals surface area contributed by atoms with Crippen molar-refractivity contribution >= 4 is 40.1 Å². The number of hydrogen-bond acceptors (Lipinski definition) is 3. The number of rotatable bonds is 6. The van der Waals surface area contributed by atoms with Crippen LogP contribution in [-0.4, -0.2) is 21.8 Å². The molecule has 98 valence electrons. The van der Waals surface area contributed by atoms with Crippen molar-refractivity contribution in [3.8, 4) is 0 Å². The molecule has 2 rings (SSSR count). The fourth-order valence-electron chi connectivity index (χ4n) is 2.06. The molecule has 1 heterocycles. The lowest BCUT2D eigenvalue weighted by molar-refractivity contribution is 0.807. The van der Waals surface area contributed by atoms with Gasteiger partial charge in [0.1, 0.15) is 0 Å². The summed E-state index contributed by atoms with van der Waals surface area (Å²) >= 11 is 3.84. The topological polar surface area (TPSA) is 30.9 Å². The molecule has 0 unspecified atom stereocenters. The first-order valence-corrected chi connectivity index (χ1v) is 8.49. The number of fused-ring (bicyclic) bond motifs is 1. The van der Waals surface area contributed by atoms with Crippen LogP contribution < -0.4 is 5.73 Å². The van der Waals surface area contributed by atoms with E-state index < -0.39 is 0 Å². The predicted octanol–water partition coefficient (Wildman–Crippen LogP) is 4.09. The van der Waals surface area contributed by atoms with Crippen molar-refractivity contribution in [1.82, 2.24) is 4.57 Å². The van der Waals surface area contributed by atoms with Gasteiger partial charge >= 0.3 is 0 Å². The van der Waals surface area contributed by atoms with Crippen molar-refractivity contribution in [1.29, 1.82) is 0 Å². The Morgan fingerprint density at radius 2 is 2.06 bits per heavy atom. The third-order valence-electron chi connectivity index (χ3n) is 2.85. The number of aromatic nitrogens is 1. The molecule has 2 N–H and O–H groups in total. The summed E-state index contributed by atoms with van der Waals surface area (Å²) in [5.74, 6) is 3.42. The smallest absolute Gasteiger partial charge is 0.0512 e. The zero-order valence-electron chi connectivity index (χ0n) is 11.0. The third-order valence-corrected chi connectivity index (χ3v) is 4.67. The summed E-state index contributed by atoms with van der Waals surface area (Å²) in [7, 11) is 0. The lowest BCUT2D eigenvalue weighted by atomic mass is 10.2. The van der Waals surface area contributed by atoms with Gasteiger partial charge in [-0.3, -0.25) is 0 Å². The van der Waals surface area contributed by atoms with Gasteiger partial charge in [0.25, 0.3) is 0 Å². The van der Waals surface area contributed by atoms with Crippen LogP contribution in [-0.2, 0) is 6.54 Å². The van der Waals surface area contributed by atoms with E-state index in [2.05, 4.69) is 42.8 Å². The molecule has 1 aromatic heterocycles. The molecule has 0 aliphatic carbocycles. The molecule has 0 saturated heterocycles. The van der Waals surface area contributed by atoms with Crippen LogP contribution in [0.25, 0.3) is 10.9 Å². The number of nitrogen functional groups attached to an aromatic ring is 1. The molecular formula is C14H20N2S2. The molecule has 0 spiro atoms. The number of hydrogen-bond donors (Lipinski definition) is 1. The van der Waals surface area contributed by atoms with E-state index in [1.807, 2.05) is 23.5 Å². The molecule has 18 heavy (non-hydrogen) atoms. The van der Waals surface area contributed by atoms with Crippen LogP contribution in [0.3, 0.4) is 0 Å². The van der Waals surface area contributed by atoms with Gasteiger partial charge in [-0.05, 0) is 29.7 Å². The number of anilines is 1. The Balaban J connectivity index is 2.33. The minimum atomic E-state index is 0.863. The summed E-state index contributed by atoms with van der Waals surface area (Å²) in [6.45, 7) is 5.43. The molecule has 0 saturated carbocycles. The second-order valence-electron chi connectivity index (χ2n) is 4.09. The Bertz CT molecular complexity index is 520. The molecule has 0 aliphatic rings. The second kappa shape index (κ2) is 6.43. The average Bonchev–Trinajstić information content (AvgIpc) is 2.73. The van der Waals surface area contributed by atoms with E-state index in [0.29, 0.717) is 0 Å². The number of aryl methyl sites for hydroxylation is 1. The van der Waals surface area contributed by atoms with E-state index in [-0.39, 0.29) is 0 Å². The van der Waals surface area contributed by atoms with E-state index in [4.69, 9.17) is 5.73 Å². The first kappa shape index (κ1) is 13.7. The van der Waals surface area contributed by atoms with Gasteiger partial charge in [0.2, 0.25) is 0 Å². The van der Waals surface area contributed by atoms with E-state index >= 15 is 0 Å². The van der Waals surface area contributed by atoms with Gasteiger partial charge in [0, 0.05) is 34.5 Å². The molecule has 0 atom stereocenters. The van der Waals surface area contributed by atoms with Crippen LogP contribution in [0.1, 0.15) is 13.8 Å². The third kappa shape index (κ3) is 2.98. The summed E-state index contributed by atoms with van der Waals surface area (Å²) in [6, 6.07) is 6.39. The number of nitrogens with zero attached hydrogens (tertiary/aromatic N) is 1. The summed E-state index contributed by atoms with van der Waals surface area (Å²) < 4.78 is 2.31. The van der Waals surface area contributed by atoms with Crippen LogP contribution in [0.5, 0.6) is 0 Å². The van der Waals surface area contributed by atoms with E-state index in [0.717, 1.165) is 23.7 Å². The maximum absolute atomic E-state index is 6.01. The number of benzene rings is 1. The first-order chi connectivity index (χ1) is 8.76. The fourth-order valence-corrected chi connectivity index (χ4v) is 3.53. The Hall–Kier alpha value is -0.740. The number of nitrogens with two attached hydrogens (primary N) is 1. The van der Waals surface area contributed by atoms with Gasteiger partial charge in [-0.15, -0.1) is 11.8 Å². The zero-order valence-corrected chi connectivity index (χ0v) is 12.6. The van der Waals surface area contributed by atoms with E-state index in [1.165, 1.54) is 21.6 Å². The quantitative estimate of drug-likeness (QED) is 0.491. The van der Waals surface area contributed by atoms with Gasteiger partial charge in [-0.1, -0.05) is 13.8 Å². The fraction of sp³-hybridized carbons (Fsp3) is 0.429. The van der Waals surface area contributed by atoms with Crippen molar-refractivity contribution in [2.45, 2.75) is 25.3 Å². The standard InChI is InChI=1S/C14H20N2S2/c1-3-17-8-7-16-6-5-12-13(16)9-11(15)10-14(12)18-4-2/h5-6,9-10H,3-4,7-8,15H2,1-2H3. The molecule has 0 fully saturated rings. The van der Waals surface area contributed by atoms with Crippen molar-refractivity contribution in [3.63, 3.8) is 0 Å². The molecule has 0 radical (unpaired) electrons. The van der Waals surface area contributed by atoms with Crippen LogP contribution in [0, 0.1) is 0 Å². The maximum Gasteiger partial charge on any atom is 0.0512 e. The molecular weight excluding hydrogens is 260 g/mol. The average molecular weight is 280 g/mol. The normalized spacial score (nSPS) is 11.2. The molecule has 0 bridgehead atoms. The first-order valence-electron chi connectivity index (χ1n) is 6.35. The van der Waals surface area contributed by atoms with Crippen molar-refractivity contribution < 1.29 is 0 Å². The molecule has 2 nitrogen and oxygen atoms in total. The highest BCUT2D eigenvalue weighted by Crippen LogP contribution is 2.31. The summed E-state index contributed by atoms with van der Waals surface area (Å²) in [5.41, 5.74) is 8.13. The van der Waals surface area contributed by atoms with Gasteiger partial charge in [-0.2, -0.15) is 11.8 Å². The van der Waals surface area contributed by atoms with Crippen molar-refractivity contribution in [2.75, 3.05) is 23.0 Å². The van der Waals surface area contributed by atoms with Crippen LogP contribution in [0.2, 0.25) is 0 Å². The van der Waals surface area contributed by atoms with E-state index in [9.17, 15) is 0 Å². The van der Waals surface area contributed by atoms with E-state index in [1.54, 1.807) is 0 Å². The predicted molar refractivity (Wildman–Crippen MR) is 85.7 cm³/mol. The summed E-state index contributed by atoms with van der Waals surface area (Å²) in [5, 5.41) is 1.33. The Morgan fingerprint density at radius 3 is 2.78 bits per heavy atom. The van der Waals surface area contributed by atoms with Gasteiger partial charge in [0.15, 0.2) is 0 Å². The second-order valence-corrected chi connectivity index (χ2v) is 6.79. The minimum absolute atomic E-state index is 0.863. The Labute approximate surface area is 117 Å². The molecule has 0 aliphatic heterocycles. The Morgan fingerprint density at radius 1 is 1.22 bits per heavy atom. The lowest BCUT2D eigenvalue weighted by Crippen LogP contribution is -1.99. The summed E-state index contributed by atoms with van der Waals surface area (Å²) in [4.78, 5) is 1.30. The molecule has 2 aromatic rings. The molecule has 0 amide bonds. The van der Waals surface area contributed by atoms with Gasteiger partial charge < -0.3 is 10.3 Å². The zero-order chi connectivity index (χ0) is 13.0. The lowest BCUT2D eigenvalue weighted by Gasteiger charge is -2.08. The van der Waals surface area contributed by atoms with Crippen LogP contribution >= 0.6 is 23.5 Å². The van der Waals surface area contributed by atoms with Crippen molar-refractivity contribution in [3.05, 3.63) is 24.4 Å². The van der Waals surface area contributed by atoms with Crippen molar-refractivity contribution in [2.24, 2.45) is 0 Å². The molecule has 4 heteroatoms. The van der Waals surface area contributed by atoms with Crippen LogP contribution in [0.4, 0.5) is 5.69 Å². The van der Waals surface area contributed by atoms with Gasteiger partial charge in [-0.25, -0.2) is 0 Å². The molecule has 1 aromatic carbocycles.